The molecule has 126 valence electrons. The van der Waals surface area contributed by atoms with Gasteiger partial charge in [0.05, 0.1) is 5.92 Å². The highest BCUT2D eigenvalue weighted by molar-refractivity contribution is 8.03. The van der Waals surface area contributed by atoms with Gasteiger partial charge < -0.3 is 4.74 Å². The van der Waals surface area contributed by atoms with Gasteiger partial charge in [0, 0.05) is 22.1 Å². The Hall–Kier alpha value is -1.22. The van der Waals surface area contributed by atoms with E-state index in [1.54, 1.807) is 10.5 Å². The van der Waals surface area contributed by atoms with Gasteiger partial charge in [-0.05, 0) is 40.7 Å². The molecule has 2 bridgehead atoms. The van der Waals surface area contributed by atoms with Crippen molar-refractivity contribution >= 4 is 17.7 Å². The first-order chi connectivity index (χ1) is 11.4. The third kappa shape index (κ3) is 1.53. The molecular formula is C21H24O2S. The van der Waals surface area contributed by atoms with Crippen molar-refractivity contribution in [3.63, 3.8) is 0 Å². The van der Waals surface area contributed by atoms with Gasteiger partial charge in [0.15, 0.2) is 0 Å². The Balaban J connectivity index is 1.77. The van der Waals surface area contributed by atoms with E-state index in [1.807, 2.05) is 23.9 Å². The number of rotatable bonds is 0. The first-order valence-corrected chi connectivity index (χ1v) is 9.96. The molecule has 0 radical (unpaired) electrons. The molecule has 1 saturated carbocycles. The number of ether oxygens (including phenoxy) is 1. The van der Waals surface area contributed by atoms with E-state index in [1.165, 1.54) is 18.4 Å². The van der Waals surface area contributed by atoms with Crippen LogP contribution in [0.15, 0.2) is 34.7 Å². The molecule has 0 amide bonds. The molecule has 0 N–H and O–H groups in total. The second-order valence-electron chi connectivity index (χ2n) is 8.71. The molecule has 24 heavy (non-hydrogen) atoms. The number of allylic oxidation sites excluding steroid dienone is 2. The lowest BCUT2D eigenvalue weighted by Crippen LogP contribution is -2.41. The van der Waals surface area contributed by atoms with E-state index in [0.29, 0.717) is 5.92 Å². The number of carbonyl (C=O) groups excluding carboxylic acids is 1. The van der Waals surface area contributed by atoms with Crippen LogP contribution >= 0.6 is 11.8 Å². The lowest BCUT2D eigenvalue weighted by molar-refractivity contribution is -0.140. The van der Waals surface area contributed by atoms with Gasteiger partial charge in [0.25, 0.3) is 0 Å². The van der Waals surface area contributed by atoms with E-state index in [4.69, 9.17) is 4.74 Å². The maximum Gasteiger partial charge on any atom is 0.316 e. The van der Waals surface area contributed by atoms with Gasteiger partial charge in [0.2, 0.25) is 0 Å². The molecule has 2 nitrogen and oxygen atoms in total. The average molecular weight is 340 g/mol. The van der Waals surface area contributed by atoms with Gasteiger partial charge in [0.1, 0.15) is 5.75 Å². The first kappa shape index (κ1) is 15.1. The molecule has 2 aliphatic heterocycles. The zero-order chi connectivity index (χ0) is 16.9. The molecule has 0 aromatic heterocycles. The van der Waals surface area contributed by atoms with Gasteiger partial charge in [-0.1, -0.05) is 45.9 Å². The fourth-order valence-corrected chi connectivity index (χ4v) is 7.72. The monoisotopic (exact) mass is 340 g/mol. The van der Waals surface area contributed by atoms with Crippen LogP contribution in [0.3, 0.4) is 0 Å². The molecule has 5 rings (SSSR count). The van der Waals surface area contributed by atoms with Gasteiger partial charge in [-0.25, -0.2) is 0 Å². The summed E-state index contributed by atoms with van der Waals surface area (Å²) >= 11 is 1.96. The van der Waals surface area contributed by atoms with Crippen molar-refractivity contribution in [2.45, 2.75) is 51.7 Å². The van der Waals surface area contributed by atoms with Gasteiger partial charge >= 0.3 is 5.97 Å². The molecular weight excluding hydrogens is 316 g/mol. The predicted molar refractivity (Wildman–Crippen MR) is 97.0 cm³/mol. The molecule has 2 aliphatic carbocycles. The number of hydrogen-bond donors (Lipinski definition) is 0. The number of esters is 1. The topological polar surface area (TPSA) is 26.3 Å². The quantitative estimate of drug-likeness (QED) is 0.482. The fourth-order valence-electron chi connectivity index (χ4n) is 5.90. The van der Waals surface area contributed by atoms with E-state index in [0.717, 1.165) is 5.75 Å². The first-order valence-electron chi connectivity index (χ1n) is 9.08. The molecule has 2 heterocycles. The van der Waals surface area contributed by atoms with Gasteiger partial charge in [-0.3, -0.25) is 4.79 Å². The minimum absolute atomic E-state index is 0.0315. The van der Waals surface area contributed by atoms with Gasteiger partial charge in [-0.2, -0.15) is 0 Å². The Morgan fingerprint density at radius 2 is 1.96 bits per heavy atom. The molecule has 0 spiro atoms. The average Bonchev–Trinajstić information content (AvgIpc) is 2.86. The summed E-state index contributed by atoms with van der Waals surface area (Å²) in [4.78, 5) is 14.4. The summed E-state index contributed by atoms with van der Waals surface area (Å²) in [5.74, 6) is 1.53. The van der Waals surface area contributed by atoms with Crippen molar-refractivity contribution in [1.82, 2.24) is 0 Å². The maximum absolute atomic E-state index is 12.8. The molecule has 0 unspecified atom stereocenters. The zero-order valence-electron chi connectivity index (χ0n) is 14.8. The standard InChI is InChI=1S/C21H24O2S/c1-11-15-16(12-7-5-6-8-14(12)23-19(15)22)17-13-9-10-21(4,18(17)24-11)20(13,2)3/h5-8,11,13,15-16H,9-10H2,1-4H3/t11-,13+,15-,16+,21-/m0/s1. The maximum atomic E-state index is 12.8. The SMILES string of the molecule is C[C@@H]1SC2=C([C@@H]3c4ccccc4OC(=O)[C@@H]13)[C@H]1CC[C@]2(C)C1(C)C. The molecule has 1 aromatic rings. The number of carbonyl (C=O) groups is 1. The summed E-state index contributed by atoms with van der Waals surface area (Å²) in [6.45, 7) is 9.55. The minimum atomic E-state index is -0.0394. The van der Waals surface area contributed by atoms with Crippen molar-refractivity contribution in [2.75, 3.05) is 0 Å². The zero-order valence-corrected chi connectivity index (χ0v) is 15.6. The summed E-state index contributed by atoms with van der Waals surface area (Å²) in [6, 6.07) is 8.18. The third-order valence-corrected chi connectivity index (χ3v) is 9.19. The van der Waals surface area contributed by atoms with Crippen LogP contribution < -0.4 is 4.74 Å². The van der Waals surface area contributed by atoms with E-state index >= 15 is 0 Å². The van der Waals surface area contributed by atoms with E-state index in [2.05, 4.69) is 39.8 Å². The van der Waals surface area contributed by atoms with Crippen LogP contribution in [-0.4, -0.2) is 11.2 Å². The van der Waals surface area contributed by atoms with Crippen LogP contribution in [0.4, 0.5) is 0 Å². The van der Waals surface area contributed by atoms with Crippen LogP contribution in [0, 0.1) is 22.7 Å². The van der Waals surface area contributed by atoms with E-state index in [9.17, 15) is 4.79 Å². The molecule has 3 heteroatoms. The van der Waals surface area contributed by atoms with Crippen molar-refractivity contribution in [3.05, 3.63) is 40.3 Å². The molecule has 5 atom stereocenters. The summed E-state index contributed by atoms with van der Waals surface area (Å²) in [6.07, 6.45) is 2.55. The Morgan fingerprint density at radius 1 is 1.21 bits per heavy atom. The smallest absolute Gasteiger partial charge is 0.316 e. The fraction of sp³-hybridized carbons (Fsp3) is 0.571. The summed E-state index contributed by atoms with van der Waals surface area (Å²) in [5.41, 5.74) is 3.36. The van der Waals surface area contributed by atoms with Crippen molar-refractivity contribution < 1.29 is 9.53 Å². The highest BCUT2D eigenvalue weighted by Gasteiger charge is 2.65. The molecule has 1 fully saturated rings. The van der Waals surface area contributed by atoms with E-state index in [-0.39, 0.29) is 33.9 Å². The van der Waals surface area contributed by atoms with Crippen LogP contribution in [0.5, 0.6) is 5.75 Å². The number of hydrogen-bond acceptors (Lipinski definition) is 3. The summed E-state index contributed by atoms with van der Waals surface area (Å²) in [7, 11) is 0. The Morgan fingerprint density at radius 3 is 2.75 bits per heavy atom. The van der Waals surface area contributed by atoms with Crippen LogP contribution in [0.2, 0.25) is 0 Å². The van der Waals surface area contributed by atoms with Crippen LogP contribution in [0.1, 0.15) is 52.0 Å². The third-order valence-electron chi connectivity index (χ3n) is 7.61. The second-order valence-corrected chi connectivity index (χ2v) is 10.1. The van der Waals surface area contributed by atoms with Crippen molar-refractivity contribution in [3.8, 4) is 5.75 Å². The normalized spacial score (nSPS) is 41.6. The molecule has 1 aromatic carbocycles. The van der Waals surface area contributed by atoms with Gasteiger partial charge in [-0.15, -0.1) is 11.8 Å². The highest BCUT2D eigenvalue weighted by Crippen LogP contribution is 2.75. The number of para-hydroxylation sites is 1. The Kier molecular flexibility index (Phi) is 2.82. The second kappa shape index (κ2) is 4.49. The van der Waals surface area contributed by atoms with Crippen LogP contribution in [0.25, 0.3) is 0 Å². The number of benzene rings is 1. The Labute approximate surface area is 148 Å². The lowest BCUT2D eigenvalue weighted by atomic mass is 9.68. The minimum Gasteiger partial charge on any atom is -0.426 e. The highest BCUT2D eigenvalue weighted by atomic mass is 32.2. The van der Waals surface area contributed by atoms with Crippen molar-refractivity contribution in [2.24, 2.45) is 22.7 Å². The summed E-state index contributed by atoms with van der Waals surface area (Å²) in [5, 5.41) is 0.279. The molecule has 4 aliphatic rings. The number of thioether (sulfide) groups is 1. The van der Waals surface area contributed by atoms with Crippen LogP contribution in [-0.2, 0) is 4.79 Å². The Bertz CT molecular complexity index is 793. The van der Waals surface area contributed by atoms with Crippen molar-refractivity contribution in [1.29, 1.82) is 0 Å². The number of fused-ring (bicyclic) bond motifs is 8. The lowest BCUT2D eigenvalue weighted by Gasteiger charge is -2.44. The van der Waals surface area contributed by atoms with E-state index < -0.39 is 0 Å². The predicted octanol–water partition coefficient (Wildman–Crippen LogP) is 5.15. The largest absolute Gasteiger partial charge is 0.426 e. The molecule has 0 saturated heterocycles. The summed E-state index contributed by atoms with van der Waals surface area (Å²) < 4.78 is 5.70.